The quantitative estimate of drug-likeness (QED) is 0.647. The van der Waals surface area contributed by atoms with Crippen molar-refractivity contribution in [2.75, 3.05) is 31.7 Å². The molecule has 4 rings (SSSR count). The molecule has 1 atom stereocenters. The summed E-state index contributed by atoms with van der Waals surface area (Å²) >= 11 is 6.19. The van der Waals surface area contributed by atoms with Crippen molar-refractivity contribution in [3.8, 4) is 5.75 Å². The number of halogens is 1. The van der Waals surface area contributed by atoms with Crippen molar-refractivity contribution in [1.29, 1.82) is 0 Å². The van der Waals surface area contributed by atoms with Crippen molar-refractivity contribution < 1.29 is 9.47 Å². The number of para-hydroxylation sites is 1. The molecule has 0 spiro atoms. The molecule has 0 saturated carbocycles. The fourth-order valence-electron chi connectivity index (χ4n) is 3.47. The highest BCUT2D eigenvalue weighted by Crippen LogP contribution is 2.27. The Morgan fingerprint density at radius 1 is 1.30 bits per heavy atom. The first-order valence-electron chi connectivity index (χ1n) is 9.05. The lowest BCUT2D eigenvalue weighted by atomic mass is 9.99. The molecule has 8 heteroatoms. The molecule has 142 valence electrons. The maximum atomic E-state index is 6.19. The van der Waals surface area contributed by atoms with Gasteiger partial charge in [-0.15, -0.1) is 0 Å². The molecule has 7 nitrogen and oxygen atoms in total. The van der Waals surface area contributed by atoms with Gasteiger partial charge in [-0.2, -0.15) is 14.6 Å². The SMILES string of the molecule is COCc1cc(N2CCCC(COc3ccccc3Cl)C2)n2ncnc2n1. The molecule has 0 bridgehead atoms. The second kappa shape index (κ2) is 8.10. The van der Waals surface area contributed by atoms with Crippen LogP contribution in [0.5, 0.6) is 5.75 Å². The Morgan fingerprint density at radius 3 is 3.04 bits per heavy atom. The summed E-state index contributed by atoms with van der Waals surface area (Å²) in [7, 11) is 1.67. The van der Waals surface area contributed by atoms with E-state index >= 15 is 0 Å². The van der Waals surface area contributed by atoms with Gasteiger partial charge >= 0.3 is 0 Å². The number of rotatable bonds is 6. The zero-order valence-corrected chi connectivity index (χ0v) is 16.0. The fraction of sp³-hybridized carbons (Fsp3) is 0.421. The lowest BCUT2D eigenvalue weighted by molar-refractivity contribution is 0.181. The number of nitrogens with zero attached hydrogens (tertiary/aromatic N) is 5. The van der Waals surface area contributed by atoms with Gasteiger partial charge in [-0.3, -0.25) is 0 Å². The van der Waals surface area contributed by atoms with Crippen LogP contribution in [-0.2, 0) is 11.3 Å². The standard InChI is InChI=1S/C19H22ClN5O2/c1-26-12-15-9-18(25-19(23-15)21-13-22-25)24-8-4-5-14(10-24)11-27-17-7-3-2-6-16(17)20/h2-3,6-7,9,13-14H,4-5,8,10-12H2,1H3. The maximum Gasteiger partial charge on any atom is 0.254 e. The molecular weight excluding hydrogens is 366 g/mol. The van der Waals surface area contributed by atoms with Crippen LogP contribution in [-0.4, -0.2) is 46.4 Å². The molecule has 1 aliphatic heterocycles. The van der Waals surface area contributed by atoms with Crippen molar-refractivity contribution >= 4 is 23.2 Å². The van der Waals surface area contributed by atoms with Gasteiger partial charge in [0.05, 0.1) is 23.9 Å². The average Bonchev–Trinajstić information content (AvgIpc) is 3.16. The van der Waals surface area contributed by atoms with Crippen molar-refractivity contribution in [1.82, 2.24) is 19.6 Å². The molecule has 0 aliphatic carbocycles. The van der Waals surface area contributed by atoms with E-state index in [1.165, 1.54) is 6.33 Å². The van der Waals surface area contributed by atoms with Crippen LogP contribution < -0.4 is 9.64 Å². The molecule has 3 aromatic rings. The highest BCUT2D eigenvalue weighted by atomic mass is 35.5. The van der Waals surface area contributed by atoms with Crippen LogP contribution in [0.2, 0.25) is 5.02 Å². The number of methoxy groups -OCH3 is 1. The minimum Gasteiger partial charge on any atom is -0.492 e. The van der Waals surface area contributed by atoms with E-state index in [0.29, 0.717) is 29.9 Å². The van der Waals surface area contributed by atoms with Crippen LogP contribution in [0.1, 0.15) is 18.5 Å². The van der Waals surface area contributed by atoms with E-state index in [9.17, 15) is 0 Å². The van der Waals surface area contributed by atoms with Gasteiger partial charge in [0.15, 0.2) is 0 Å². The van der Waals surface area contributed by atoms with Crippen LogP contribution in [0, 0.1) is 5.92 Å². The highest BCUT2D eigenvalue weighted by molar-refractivity contribution is 6.32. The molecule has 1 fully saturated rings. The first-order chi connectivity index (χ1) is 13.2. The second-order valence-corrected chi connectivity index (χ2v) is 7.11. The summed E-state index contributed by atoms with van der Waals surface area (Å²) in [6, 6.07) is 9.62. The average molecular weight is 388 g/mol. The third-order valence-corrected chi connectivity index (χ3v) is 5.04. The smallest absolute Gasteiger partial charge is 0.254 e. The molecule has 1 aromatic carbocycles. The summed E-state index contributed by atoms with van der Waals surface area (Å²) in [6.45, 7) is 2.93. The summed E-state index contributed by atoms with van der Waals surface area (Å²) in [5.41, 5.74) is 0.849. The van der Waals surface area contributed by atoms with Gasteiger partial charge in [-0.05, 0) is 25.0 Å². The fourth-order valence-corrected chi connectivity index (χ4v) is 3.66. The van der Waals surface area contributed by atoms with Gasteiger partial charge in [0.25, 0.3) is 5.78 Å². The lowest BCUT2D eigenvalue weighted by Crippen LogP contribution is -2.39. The van der Waals surface area contributed by atoms with Crippen LogP contribution in [0.15, 0.2) is 36.7 Å². The summed E-state index contributed by atoms with van der Waals surface area (Å²) in [5, 5.41) is 4.98. The van der Waals surface area contributed by atoms with E-state index in [0.717, 1.165) is 43.2 Å². The Labute approximate surface area is 162 Å². The predicted octanol–water partition coefficient (Wildman–Crippen LogP) is 3.22. The number of hydrogen-bond acceptors (Lipinski definition) is 6. The number of benzene rings is 1. The van der Waals surface area contributed by atoms with Crippen LogP contribution in [0.4, 0.5) is 5.82 Å². The number of hydrogen-bond donors (Lipinski definition) is 0. The maximum absolute atomic E-state index is 6.19. The zero-order chi connectivity index (χ0) is 18.6. The summed E-state index contributed by atoms with van der Waals surface area (Å²) in [5.74, 6) is 2.73. The number of aromatic nitrogens is 4. The van der Waals surface area contributed by atoms with Crippen molar-refractivity contribution in [3.63, 3.8) is 0 Å². The predicted molar refractivity (Wildman–Crippen MR) is 103 cm³/mol. The molecule has 1 aliphatic rings. The van der Waals surface area contributed by atoms with Crippen molar-refractivity contribution in [2.24, 2.45) is 5.92 Å². The molecule has 2 aromatic heterocycles. The Kier molecular flexibility index (Phi) is 5.40. The minimum atomic E-state index is 0.410. The third kappa shape index (κ3) is 3.99. The molecule has 0 amide bonds. The Morgan fingerprint density at radius 2 is 2.19 bits per heavy atom. The van der Waals surface area contributed by atoms with Gasteiger partial charge in [-0.1, -0.05) is 23.7 Å². The van der Waals surface area contributed by atoms with Crippen LogP contribution in [0.25, 0.3) is 5.78 Å². The number of ether oxygens (including phenoxy) is 2. The van der Waals surface area contributed by atoms with Gasteiger partial charge in [0.2, 0.25) is 0 Å². The Bertz CT molecular complexity index is 916. The normalized spacial score (nSPS) is 17.4. The van der Waals surface area contributed by atoms with Gasteiger partial charge in [0, 0.05) is 32.2 Å². The second-order valence-electron chi connectivity index (χ2n) is 6.71. The summed E-state index contributed by atoms with van der Waals surface area (Å²) in [4.78, 5) is 11.1. The Balaban J connectivity index is 1.50. The van der Waals surface area contributed by atoms with Crippen molar-refractivity contribution in [2.45, 2.75) is 19.4 Å². The molecule has 0 radical (unpaired) electrons. The van der Waals surface area contributed by atoms with E-state index < -0.39 is 0 Å². The largest absolute Gasteiger partial charge is 0.492 e. The van der Waals surface area contributed by atoms with Crippen LogP contribution in [0.3, 0.4) is 0 Å². The Hall–Kier alpha value is -2.38. The van der Waals surface area contributed by atoms with E-state index in [1.54, 1.807) is 11.6 Å². The lowest BCUT2D eigenvalue weighted by Gasteiger charge is -2.34. The third-order valence-electron chi connectivity index (χ3n) is 4.73. The number of fused-ring (bicyclic) bond motifs is 1. The summed E-state index contributed by atoms with van der Waals surface area (Å²) in [6.07, 6.45) is 3.75. The first kappa shape index (κ1) is 18.0. The van der Waals surface area contributed by atoms with E-state index in [1.807, 2.05) is 30.3 Å². The number of piperidine rings is 1. The van der Waals surface area contributed by atoms with Gasteiger partial charge in [0.1, 0.15) is 17.9 Å². The molecule has 3 heterocycles. The minimum absolute atomic E-state index is 0.410. The monoisotopic (exact) mass is 387 g/mol. The topological polar surface area (TPSA) is 64.8 Å². The first-order valence-corrected chi connectivity index (χ1v) is 9.43. The molecule has 27 heavy (non-hydrogen) atoms. The molecule has 0 N–H and O–H groups in total. The molecule has 1 unspecified atom stereocenters. The van der Waals surface area contributed by atoms with Crippen molar-refractivity contribution in [3.05, 3.63) is 47.4 Å². The molecular formula is C19H22ClN5O2. The number of anilines is 1. The van der Waals surface area contributed by atoms with Gasteiger partial charge < -0.3 is 14.4 Å². The van der Waals surface area contributed by atoms with Gasteiger partial charge in [-0.25, -0.2) is 4.98 Å². The van der Waals surface area contributed by atoms with Crippen LogP contribution >= 0.6 is 11.6 Å². The zero-order valence-electron chi connectivity index (χ0n) is 15.2. The summed E-state index contributed by atoms with van der Waals surface area (Å²) < 4.78 is 13.0. The van der Waals surface area contributed by atoms with E-state index in [2.05, 4.69) is 20.0 Å². The van der Waals surface area contributed by atoms with E-state index in [4.69, 9.17) is 21.1 Å². The highest BCUT2D eigenvalue weighted by Gasteiger charge is 2.24. The molecule has 1 saturated heterocycles. The van der Waals surface area contributed by atoms with E-state index in [-0.39, 0.29) is 0 Å².